The number of carbonyl (C=O) groups is 2. The van der Waals surface area contributed by atoms with Crippen molar-refractivity contribution in [3.63, 3.8) is 0 Å². The molecule has 168 valence electrons. The topological polar surface area (TPSA) is 72.8 Å². The molecule has 0 bridgehead atoms. The van der Waals surface area contributed by atoms with Crippen molar-refractivity contribution in [2.24, 2.45) is 23.7 Å². The molecule has 0 spiro atoms. The van der Waals surface area contributed by atoms with E-state index in [1.807, 2.05) is 13.8 Å². The van der Waals surface area contributed by atoms with Gasteiger partial charge in [0, 0.05) is 18.8 Å². The van der Waals surface area contributed by atoms with E-state index in [1.54, 1.807) is 0 Å². The number of allylic oxidation sites excluding steroid dienone is 2. The van der Waals surface area contributed by atoms with Crippen molar-refractivity contribution in [3.8, 4) is 0 Å². The maximum absolute atomic E-state index is 12.8. The van der Waals surface area contributed by atoms with Crippen molar-refractivity contribution < 1.29 is 24.2 Å². The Morgan fingerprint density at radius 2 is 2.00 bits per heavy atom. The lowest BCUT2D eigenvalue weighted by Crippen LogP contribution is -2.41. The highest BCUT2D eigenvalue weighted by molar-refractivity contribution is 5.72. The summed E-state index contributed by atoms with van der Waals surface area (Å²) in [6.45, 7) is 8.46. The van der Waals surface area contributed by atoms with Crippen molar-refractivity contribution in [1.82, 2.24) is 0 Å². The van der Waals surface area contributed by atoms with Crippen LogP contribution in [-0.2, 0) is 19.1 Å². The summed E-state index contributed by atoms with van der Waals surface area (Å²) in [6.07, 6.45) is 9.34. The first-order valence-electron chi connectivity index (χ1n) is 11.8. The lowest BCUT2D eigenvalue weighted by molar-refractivity contribution is -0.162. The normalized spacial score (nSPS) is 34.0. The van der Waals surface area contributed by atoms with Crippen molar-refractivity contribution in [1.29, 1.82) is 0 Å². The molecule has 1 saturated heterocycles. The molecule has 5 heteroatoms. The van der Waals surface area contributed by atoms with Gasteiger partial charge in [0.1, 0.15) is 12.2 Å². The Labute approximate surface area is 180 Å². The lowest BCUT2D eigenvalue weighted by Gasteiger charge is -2.43. The Hall–Kier alpha value is -1.62. The van der Waals surface area contributed by atoms with Crippen LogP contribution in [0.4, 0.5) is 0 Å². The van der Waals surface area contributed by atoms with E-state index in [-0.39, 0.29) is 42.4 Å². The molecule has 30 heavy (non-hydrogen) atoms. The Morgan fingerprint density at radius 1 is 1.27 bits per heavy atom. The van der Waals surface area contributed by atoms with Gasteiger partial charge in [-0.05, 0) is 56.4 Å². The number of aliphatic hydroxyl groups is 1. The van der Waals surface area contributed by atoms with Gasteiger partial charge >= 0.3 is 11.9 Å². The lowest BCUT2D eigenvalue weighted by atomic mass is 9.65. The highest BCUT2D eigenvalue weighted by Gasteiger charge is 2.42. The molecule has 0 saturated carbocycles. The van der Waals surface area contributed by atoms with E-state index < -0.39 is 6.10 Å². The van der Waals surface area contributed by atoms with Crippen LogP contribution >= 0.6 is 0 Å². The number of rotatable bonds is 7. The van der Waals surface area contributed by atoms with Gasteiger partial charge in [0.05, 0.1) is 18.4 Å². The minimum Gasteiger partial charge on any atom is -0.462 e. The molecule has 3 rings (SSSR count). The zero-order valence-electron chi connectivity index (χ0n) is 18.9. The second kappa shape index (κ2) is 10.1. The average Bonchev–Trinajstić information content (AvgIpc) is 2.67. The Morgan fingerprint density at radius 3 is 2.67 bits per heavy atom. The number of cyclic esters (lactones) is 1. The predicted octanol–water partition coefficient (Wildman–Crippen LogP) is 4.73. The smallest absolute Gasteiger partial charge is 0.309 e. The van der Waals surface area contributed by atoms with Crippen LogP contribution in [0.1, 0.15) is 79.1 Å². The zero-order valence-corrected chi connectivity index (χ0v) is 18.9. The molecule has 0 aromatic rings. The second-order valence-electron chi connectivity index (χ2n) is 9.57. The van der Waals surface area contributed by atoms with Crippen molar-refractivity contribution in [2.75, 3.05) is 0 Å². The number of carbonyl (C=O) groups excluding carboxylic acids is 2. The van der Waals surface area contributed by atoms with Gasteiger partial charge in [0.15, 0.2) is 0 Å². The molecular weight excluding hydrogens is 380 g/mol. The van der Waals surface area contributed by atoms with Crippen LogP contribution in [-0.4, -0.2) is 35.4 Å². The van der Waals surface area contributed by atoms with Gasteiger partial charge in [-0.15, -0.1) is 0 Å². The summed E-state index contributed by atoms with van der Waals surface area (Å²) in [4.78, 5) is 24.5. The molecule has 0 aromatic heterocycles. The van der Waals surface area contributed by atoms with Crippen LogP contribution in [0, 0.1) is 23.7 Å². The SMILES string of the molecule is CCC(CC)C(=O)O[C@H]1CC(C)=CC2=CCC(C)[C@H](CC[C@@H]3C[C@@H](O)CC(=O)O3)[C@H]21. The maximum Gasteiger partial charge on any atom is 0.309 e. The standard InChI is InChI=1S/C25H38O5/c1-5-17(6-2)25(28)30-22-12-15(3)11-18-8-7-16(4)21(24(18)22)10-9-20-13-19(26)14-23(27)29-20/h8,11,16-17,19-22,24,26H,5-7,9-10,12-14H2,1-4H3/t16?,19-,20-,21+,22+,24+/m1/s1. The van der Waals surface area contributed by atoms with Gasteiger partial charge in [-0.3, -0.25) is 9.59 Å². The van der Waals surface area contributed by atoms with Crippen molar-refractivity contribution in [3.05, 3.63) is 23.3 Å². The monoisotopic (exact) mass is 418 g/mol. The summed E-state index contributed by atoms with van der Waals surface area (Å²) < 4.78 is 11.6. The van der Waals surface area contributed by atoms with Gasteiger partial charge in [-0.2, -0.15) is 0 Å². The maximum atomic E-state index is 12.8. The summed E-state index contributed by atoms with van der Waals surface area (Å²) in [6, 6.07) is 0. The third-order valence-corrected chi connectivity index (χ3v) is 7.28. The van der Waals surface area contributed by atoms with Gasteiger partial charge in [0.25, 0.3) is 0 Å². The van der Waals surface area contributed by atoms with Gasteiger partial charge in [-0.25, -0.2) is 0 Å². The van der Waals surface area contributed by atoms with Crippen molar-refractivity contribution >= 4 is 11.9 Å². The number of ether oxygens (including phenoxy) is 2. The van der Waals surface area contributed by atoms with E-state index in [1.165, 1.54) is 11.1 Å². The first-order chi connectivity index (χ1) is 14.3. The molecule has 0 amide bonds. The fourth-order valence-electron chi connectivity index (χ4n) is 5.53. The Kier molecular flexibility index (Phi) is 7.78. The first-order valence-corrected chi connectivity index (χ1v) is 11.8. The van der Waals surface area contributed by atoms with Crippen LogP contribution in [0.15, 0.2) is 23.3 Å². The van der Waals surface area contributed by atoms with E-state index >= 15 is 0 Å². The number of hydrogen-bond donors (Lipinski definition) is 1. The third kappa shape index (κ3) is 5.35. The predicted molar refractivity (Wildman–Crippen MR) is 116 cm³/mol. The molecule has 1 aliphatic heterocycles. The number of esters is 2. The highest BCUT2D eigenvalue weighted by atomic mass is 16.5. The third-order valence-electron chi connectivity index (χ3n) is 7.28. The van der Waals surface area contributed by atoms with Crippen molar-refractivity contribution in [2.45, 2.75) is 97.4 Å². The van der Waals surface area contributed by atoms with Crippen LogP contribution in [0.2, 0.25) is 0 Å². The molecule has 0 radical (unpaired) electrons. The molecule has 6 atom stereocenters. The second-order valence-corrected chi connectivity index (χ2v) is 9.57. The molecule has 3 aliphatic rings. The van der Waals surface area contributed by atoms with Crippen LogP contribution in [0.5, 0.6) is 0 Å². The molecule has 1 fully saturated rings. The molecule has 1 N–H and O–H groups in total. The quantitative estimate of drug-likeness (QED) is 0.605. The van der Waals surface area contributed by atoms with E-state index in [0.29, 0.717) is 18.3 Å². The highest BCUT2D eigenvalue weighted by Crippen LogP contribution is 2.46. The molecule has 5 nitrogen and oxygen atoms in total. The van der Waals surface area contributed by atoms with E-state index in [4.69, 9.17) is 9.47 Å². The molecule has 0 aromatic carbocycles. The minimum absolute atomic E-state index is 0.0359. The molecule has 1 unspecified atom stereocenters. The zero-order chi connectivity index (χ0) is 21.8. The van der Waals surface area contributed by atoms with Gasteiger partial charge in [-0.1, -0.05) is 38.5 Å². The Bertz CT molecular complexity index is 690. The minimum atomic E-state index is -0.593. The number of fused-ring (bicyclic) bond motifs is 1. The molecule has 2 aliphatic carbocycles. The Balaban J connectivity index is 1.74. The fraction of sp³-hybridized carbons (Fsp3) is 0.760. The van der Waals surface area contributed by atoms with E-state index in [0.717, 1.165) is 38.5 Å². The summed E-state index contributed by atoms with van der Waals surface area (Å²) in [5.74, 6) is 0.631. The first kappa shape index (κ1) is 23.1. The van der Waals surface area contributed by atoms with Gasteiger partial charge < -0.3 is 14.6 Å². The number of aliphatic hydroxyl groups excluding tert-OH is 1. The number of hydrogen-bond acceptors (Lipinski definition) is 5. The van der Waals surface area contributed by atoms with Crippen LogP contribution < -0.4 is 0 Å². The van der Waals surface area contributed by atoms with Gasteiger partial charge in [0.2, 0.25) is 0 Å². The van der Waals surface area contributed by atoms with E-state index in [2.05, 4.69) is 26.0 Å². The summed E-state index contributed by atoms with van der Waals surface area (Å²) in [5.41, 5.74) is 2.56. The van der Waals surface area contributed by atoms with Crippen LogP contribution in [0.25, 0.3) is 0 Å². The summed E-state index contributed by atoms with van der Waals surface area (Å²) >= 11 is 0. The summed E-state index contributed by atoms with van der Waals surface area (Å²) in [7, 11) is 0. The van der Waals surface area contributed by atoms with E-state index in [9.17, 15) is 14.7 Å². The molecular formula is C25H38O5. The summed E-state index contributed by atoms with van der Waals surface area (Å²) in [5, 5.41) is 9.92. The fourth-order valence-corrected chi connectivity index (χ4v) is 5.53. The average molecular weight is 419 g/mol. The largest absolute Gasteiger partial charge is 0.462 e. The van der Waals surface area contributed by atoms with Crippen LogP contribution in [0.3, 0.4) is 0 Å². The molecule has 1 heterocycles.